The quantitative estimate of drug-likeness (QED) is 0.813. The minimum absolute atomic E-state index is 0.0839. The first-order valence-electron chi connectivity index (χ1n) is 6.75. The highest BCUT2D eigenvalue weighted by atomic mass is 16.5. The molecule has 0 amide bonds. The van der Waals surface area contributed by atoms with Crippen LogP contribution in [-0.2, 0) is 4.74 Å². The van der Waals surface area contributed by atoms with Gasteiger partial charge in [-0.25, -0.2) is 0 Å². The Morgan fingerprint density at radius 3 is 2.84 bits per heavy atom. The summed E-state index contributed by atoms with van der Waals surface area (Å²) in [7, 11) is 2.00. The maximum absolute atomic E-state index is 10.6. The van der Waals surface area contributed by atoms with Gasteiger partial charge in [0.05, 0.1) is 5.60 Å². The topological polar surface area (TPSA) is 71.6 Å². The van der Waals surface area contributed by atoms with Crippen LogP contribution in [0.25, 0.3) is 0 Å². The molecule has 1 aliphatic rings. The van der Waals surface area contributed by atoms with Crippen molar-refractivity contribution in [3.05, 3.63) is 30.1 Å². The molecule has 1 atom stereocenters. The number of nitrogens with zero attached hydrogens (tertiary/aromatic N) is 2. The van der Waals surface area contributed by atoms with Crippen LogP contribution in [0.3, 0.4) is 0 Å². The summed E-state index contributed by atoms with van der Waals surface area (Å²) in [6.45, 7) is 2.37. The molecule has 5 heteroatoms. The average Bonchev–Trinajstić information content (AvgIpc) is 2.41. The lowest BCUT2D eigenvalue weighted by atomic mass is 9.93. The molecule has 0 spiro atoms. The second-order valence-electron chi connectivity index (χ2n) is 5.29. The summed E-state index contributed by atoms with van der Waals surface area (Å²) < 4.78 is 5.30. The molecular weight excluding hydrogens is 242 g/mol. The van der Waals surface area contributed by atoms with Crippen LogP contribution in [0.5, 0.6) is 0 Å². The van der Waals surface area contributed by atoms with Gasteiger partial charge in [-0.3, -0.25) is 9.88 Å². The van der Waals surface area contributed by atoms with Crippen molar-refractivity contribution in [2.45, 2.75) is 24.5 Å². The third-order valence-corrected chi connectivity index (χ3v) is 3.79. The van der Waals surface area contributed by atoms with Crippen LogP contribution in [0.2, 0.25) is 0 Å². The predicted octanol–water partition coefficient (Wildman–Crippen LogP) is 0.555. The zero-order valence-electron chi connectivity index (χ0n) is 11.5. The van der Waals surface area contributed by atoms with Gasteiger partial charge >= 0.3 is 0 Å². The largest absolute Gasteiger partial charge is 0.388 e. The Kier molecular flexibility index (Phi) is 4.87. The second-order valence-corrected chi connectivity index (χ2v) is 5.29. The molecule has 1 aromatic rings. The van der Waals surface area contributed by atoms with E-state index in [2.05, 4.69) is 9.88 Å². The first-order chi connectivity index (χ1) is 9.14. The summed E-state index contributed by atoms with van der Waals surface area (Å²) in [6.07, 6.45) is 4.95. The maximum Gasteiger partial charge on any atom is 0.0818 e. The summed E-state index contributed by atoms with van der Waals surface area (Å²) in [5.74, 6) is 0. The monoisotopic (exact) mass is 265 g/mol. The van der Waals surface area contributed by atoms with E-state index in [0.29, 0.717) is 39.1 Å². The van der Waals surface area contributed by atoms with E-state index < -0.39 is 5.60 Å². The molecule has 2 rings (SSSR count). The smallest absolute Gasteiger partial charge is 0.0818 e. The van der Waals surface area contributed by atoms with Crippen molar-refractivity contribution in [2.24, 2.45) is 5.73 Å². The maximum atomic E-state index is 10.6. The summed E-state index contributed by atoms with van der Waals surface area (Å²) in [5, 5.41) is 10.6. The molecule has 5 nitrogen and oxygen atoms in total. The van der Waals surface area contributed by atoms with Crippen molar-refractivity contribution in [1.82, 2.24) is 9.88 Å². The lowest BCUT2D eigenvalue weighted by Crippen LogP contribution is -2.47. The first kappa shape index (κ1) is 14.4. The van der Waals surface area contributed by atoms with E-state index in [0.717, 1.165) is 5.56 Å². The van der Waals surface area contributed by atoms with Crippen molar-refractivity contribution < 1.29 is 9.84 Å². The van der Waals surface area contributed by atoms with Crippen molar-refractivity contribution in [3.63, 3.8) is 0 Å². The number of hydrogen-bond acceptors (Lipinski definition) is 5. The molecule has 1 aromatic heterocycles. The standard InChI is InChI=1S/C14H23N3O2/c1-17(11-14(18)4-7-19-8-5-14)13(9-15)12-3-2-6-16-10-12/h2-3,6,10,13,18H,4-5,7-9,11,15H2,1H3. The Balaban J connectivity index is 2.02. The number of rotatable bonds is 5. The average molecular weight is 265 g/mol. The van der Waals surface area contributed by atoms with Crippen molar-refractivity contribution in [3.8, 4) is 0 Å². The van der Waals surface area contributed by atoms with Crippen molar-refractivity contribution in [1.29, 1.82) is 0 Å². The van der Waals surface area contributed by atoms with Gasteiger partial charge in [0.15, 0.2) is 0 Å². The van der Waals surface area contributed by atoms with Gasteiger partial charge in [0, 0.05) is 57.6 Å². The van der Waals surface area contributed by atoms with E-state index in [1.165, 1.54) is 0 Å². The molecule has 106 valence electrons. The molecule has 0 aliphatic carbocycles. The molecule has 3 N–H and O–H groups in total. The third-order valence-electron chi connectivity index (χ3n) is 3.79. The molecule has 1 fully saturated rings. The number of aromatic nitrogens is 1. The lowest BCUT2D eigenvalue weighted by Gasteiger charge is -2.38. The molecule has 1 unspecified atom stereocenters. The van der Waals surface area contributed by atoms with Gasteiger partial charge in [0.1, 0.15) is 0 Å². The third kappa shape index (κ3) is 3.73. The highest BCUT2D eigenvalue weighted by Crippen LogP contribution is 2.25. The van der Waals surface area contributed by atoms with Crippen LogP contribution in [0.4, 0.5) is 0 Å². The summed E-state index contributed by atoms with van der Waals surface area (Å²) in [4.78, 5) is 6.25. The SMILES string of the molecule is CN(CC1(O)CCOCC1)C(CN)c1cccnc1. The van der Waals surface area contributed by atoms with E-state index in [1.807, 2.05) is 25.4 Å². The van der Waals surface area contributed by atoms with Crippen molar-refractivity contribution in [2.75, 3.05) is 33.4 Å². The normalized spacial score (nSPS) is 20.4. The molecule has 19 heavy (non-hydrogen) atoms. The zero-order valence-corrected chi connectivity index (χ0v) is 11.5. The Morgan fingerprint density at radius 1 is 1.53 bits per heavy atom. The van der Waals surface area contributed by atoms with Crippen LogP contribution >= 0.6 is 0 Å². The van der Waals surface area contributed by atoms with Crippen molar-refractivity contribution >= 4 is 0 Å². The van der Waals surface area contributed by atoms with Crippen LogP contribution < -0.4 is 5.73 Å². The van der Waals surface area contributed by atoms with E-state index in [-0.39, 0.29) is 6.04 Å². The highest BCUT2D eigenvalue weighted by molar-refractivity contribution is 5.14. The Bertz CT molecular complexity index is 380. The Labute approximate surface area is 114 Å². The van der Waals surface area contributed by atoms with E-state index in [1.54, 1.807) is 6.20 Å². The van der Waals surface area contributed by atoms with Gasteiger partial charge in [-0.2, -0.15) is 0 Å². The zero-order chi connectivity index (χ0) is 13.7. The number of likely N-dealkylation sites (N-methyl/N-ethyl adjacent to an activating group) is 1. The fourth-order valence-corrected chi connectivity index (χ4v) is 2.63. The summed E-state index contributed by atoms with van der Waals surface area (Å²) in [6, 6.07) is 4.02. The van der Waals surface area contributed by atoms with Crippen LogP contribution in [0.15, 0.2) is 24.5 Å². The summed E-state index contributed by atoms with van der Waals surface area (Å²) >= 11 is 0. The molecule has 1 aliphatic heterocycles. The summed E-state index contributed by atoms with van der Waals surface area (Å²) in [5.41, 5.74) is 6.30. The van der Waals surface area contributed by atoms with E-state index >= 15 is 0 Å². The molecule has 2 heterocycles. The molecule has 0 radical (unpaired) electrons. The molecule has 0 aromatic carbocycles. The number of nitrogens with two attached hydrogens (primary N) is 1. The molecule has 0 saturated carbocycles. The Hall–Kier alpha value is -1.01. The minimum Gasteiger partial charge on any atom is -0.388 e. The van der Waals surface area contributed by atoms with Gasteiger partial charge in [-0.15, -0.1) is 0 Å². The minimum atomic E-state index is -0.664. The number of aliphatic hydroxyl groups is 1. The van der Waals surface area contributed by atoms with Crippen LogP contribution in [0, 0.1) is 0 Å². The number of ether oxygens (including phenoxy) is 1. The Morgan fingerprint density at radius 2 is 2.26 bits per heavy atom. The lowest BCUT2D eigenvalue weighted by molar-refractivity contribution is -0.0812. The van der Waals surface area contributed by atoms with E-state index in [9.17, 15) is 5.11 Å². The van der Waals surface area contributed by atoms with Crippen LogP contribution in [-0.4, -0.2) is 53.9 Å². The molecular formula is C14H23N3O2. The highest BCUT2D eigenvalue weighted by Gasteiger charge is 2.32. The van der Waals surface area contributed by atoms with Gasteiger partial charge in [-0.1, -0.05) is 6.07 Å². The van der Waals surface area contributed by atoms with Gasteiger partial charge in [-0.05, 0) is 18.7 Å². The predicted molar refractivity (Wildman–Crippen MR) is 73.7 cm³/mol. The first-order valence-corrected chi connectivity index (χ1v) is 6.75. The molecule has 1 saturated heterocycles. The van der Waals surface area contributed by atoms with Gasteiger partial charge in [0.2, 0.25) is 0 Å². The van der Waals surface area contributed by atoms with Crippen LogP contribution in [0.1, 0.15) is 24.4 Å². The number of pyridine rings is 1. The fraction of sp³-hybridized carbons (Fsp3) is 0.643. The second kappa shape index (κ2) is 6.43. The van der Waals surface area contributed by atoms with Gasteiger partial charge in [0.25, 0.3) is 0 Å². The number of hydrogen-bond donors (Lipinski definition) is 2. The van der Waals surface area contributed by atoms with Gasteiger partial charge < -0.3 is 15.6 Å². The molecule has 0 bridgehead atoms. The van der Waals surface area contributed by atoms with E-state index in [4.69, 9.17) is 10.5 Å². The fourth-order valence-electron chi connectivity index (χ4n) is 2.63.